The Kier molecular flexibility index (Phi) is 4.80. The van der Waals surface area contributed by atoms with Crippen LogP contribution >= 0.6 is 0 Å². The fourth-order valence-corrected chi connectivity index (χ4v) is 2.75. The van der Waals surface area contributed by atoms with E-state index >= 15 is 0 Å². The number of carbonyl (C=O) groups excluding carboxylic acids is 1. The van der Waals surface area contributed by atoms with Gasteiger partial charge in [-0.15, -0.1) is 0 Å². The third-order valence-corrected chi connectivity index (χ3v) is 3.91. The number of hydrogen-bond donors (Lipinski definition) is 2. The van der Waals surface area contributed by atoms with Crippen molar-refractivity contribution in [2.24, 2.45) is 11.8 Å². The van der Waals surface area contributed by atoms with E-state index in [1.165, 1.54) is 25.7 Å². The minimum atomic E-state index is 0.140. The second kappa shape index (κ2) is 6.36. The van der Waals surface area contributed by atoms with E-state index in [0.717, 1.165) is 13.1 Å². The van der Waals surface area contributed by atoms with Crippen molar-refractivity contribution >= 4 is 5.91 Å². The first-order valence-electron chi connectivity index (χ1n) is 6.87. The molecule has 1 aliphatic carbocycles. The van der Waals surface area contributed by atoms with Crippen LogP contribution in [0.15, 0.2) is 0 Å². The molecule has 0 aromatic carbocycles. The van der Waals surface area contributed by atoms with Gasteiger partial charge in [0, 0.05) is 13.1 Å². The van der Waals surface area contributed by atoms with Crippen molar-refractivity contribution in [3.8, 4) is 0 Å². The van der Waals surface area contributed by atoms with Gasteiger partial charge in [-0.25, -0.2) is 0 Å². The molecule has 1 aliphatic heterocycles. The zero-order valence-electron chi connectivity index (χ0n) is 10.7. The van der Waals surface area contributed by atoms with Gasteiger partial charge in [0.25, 0.3) is 0 Å². The highest BCUT2D eigenvalue weighted by Crippen LogP contribution is 2.20. The van der Waals surface area contributed by atoms with Crippen molar-refractivity contribution in [1.29, 1.82) is 0 Å². The Morgan fingerprint density at radius 2 is 2.12 bits per heavy atom. The van der Waals surface area contributed by atoms with E-state index in [1.807, 2.05) is 0 Å². The molecular weight excluding hydrogens is 216 g/mol. The van der Waals surface area contributed by atoms with Crippen LogP contribution in [0.3, 0.4) is 0 Å². The number of nitrogens with one attached hydrogen (secondary N) is 2. The molecule has 4 heteroatoms. The maximum atomic E-state index is 11.8. The van der Waals surface area contributed by atoms with Crippen molar-refractivity contribution in [3.63, 3.8) is 0 Å². The molecule has 2 unspecified atom stereocenters. The van der Waals surface area contributed by atoms with E-state index in [-0.39, 0.29) is 11.8 Å². The van der Waals surface area contributed by atoms with Crippen molar-refractivity contribution in [2.75, 3.05) is 26.2 Å². The summed E-state index contributed by atoms with van der Waals surface area (Å²) in [5.74, 6) is 0.768. The molecule has 2 rings (SSSR count). The highest BCUT2D eigenvalue weighted by molar-refractivity contribution is 5.79. The van der Waals surface area contributed by atoms with Crippen LogP contribution in [0.2, 0.25) is 0 Å². The van der Waals surface area contributed by atoms with Crippen LogP contribution in [0, 0.1) is 11.8 Å². The van der Waals surface area contributed by atoms with Gasteiger partial charge in [-0.2, -0.15) is 0 Å². The lowest BCUT2D eigenvalue weighted by Gasteiger charge is -2.15. The van der Waals surface area contributed by atoms with Crippen molar-refractivity contribution in [2.45, 2.75) is 38.7 Å². The quantitative estimate of drug-likeness (QED) is 0.703. The van der Waals surface area contributed by atoms with Crippen LogP contribution in [0.1, 0.15) is 32.6 Å². The monoisotopic (exact) mass is 240 g/mol. The molecule has 0 aromatic rings. The van der Waals surface area contributed by atoms with Gasteiger partial charge in [-0.05, 0) is 25.3 Å². The molecular formula is C13H24N2O2. The van der Waals surface area contributed by atoms with E-state index in [2.05, 4.69) is 17.6 Å². The van der Waals surface area contributed by atoms with Crippen LogP contribution in [0.5, 0.6) is 0 Å². The lowest BCUT2D eigenvalue weighted by molar-refractivity contribution is -0.125. The van der Waals surface area contributed by atoms with Gasteiger partial charge < -0.3 is 15.4 Å². The molecule has 1 heterocycles. The smallest absolute Gasteiger partial charge is 0.224 e. The average Bonchev–Trinajstić information content (AvgIpc) is 2.95. The zero-order chi connectivity index (χ0) is 12.1. The standard InChI is InChI=1S/C13H24N2O2/c1-10-8-14-9-12(10)13(16)15-6-7-17-11-4-2-3-5-11/h10-12,14H,2-9H2,1H3,(H,15,16). The van der Waals surface area contributed by atoms with Gasteiger partial charge in [-0.1, -0.05) is 19.8 Å². The highest BCUT2D eigenvalue weighted by atomic mass is 16.5. The summed E-state index contributed by atoms with van der Waals surface area (Å²) >= 11 is 0. The molecule has 2 aliphatic rings. The predicted octanol–water partition coefficient (Wildman–Crippen LogP) is 0.917. The second-order valence-electron chi connectivity index (χ2n) is 5.31. The number of amides is 1. The molecule has 98 valence electrons. The molecule has 1 amide bonds. The van der Waals surface area contributed by atoms with Crippen molar-refractivity contribution in [3.05, 3.63) is 0 Å². The van der Waals surface area contributed by atoms with Crippen LogP contribution < -0.4 is 10.6 Å². The predicted molar refractivity (Wildman–Crippen MR) is 66.7 cm³/mol. The van der Waals surface area contributed by atoms with Gasteiger partial charge in [0.05, 0.1) is 18.6 Å². The molecule has 0 spiro atoms. The maximum absolute atomic E-state index is 11.8. The summed E-state index contributed by atoms with van der Waals surface area (Å²) < 4.78 is 5.71. The molecule has 0 radical (unpaired) electrons. The number of carbonyl (C=O) groups is 1. The van der Waals surface area contributed by atoms with E-state index in [9.17, 15) is 4.79 Å². The SMILES string of the molecule is CC1CNCC1C(=O)NCCOC1CCCC1. The Morgan fingerprint density at radius 1 is 1.35 bits per heavy atom. The molecule has 4 nitrogen and oxygen atoms in total. The zero-order valence-corrected chi connectivity index (χ0v) is 10.7. The Morgan fingerprint density at radius 3 is 2.76 bits per heavy atom. The number of hydrogen-bond acceptors (Lipinski definition) is 3. The second-order valence-corrected chi connectivity index (χ2v) is 5.31. The minimum absolute atomic E-state index is 0.140. The van der Waals surface area contributed by atoms with Crippen LogP contribution in [0.4, 0.5) is 0 Å². The van der Waals surface area contributed by atoms with E-state index < -0.39 is 0 Å². The largest absolute Gasteiger partial charge is 0.376 e. The molecule has 0 aromatic heterocycles. The van der Waals surface area contributed by atoms with Gasteiger partial charge in [0.15, 0.2) is 0 Å². The Bertz CT molecular complexity index is 252. The summed E-state index contributed by atoms with van der Waals surface area (Å²) in [6, 6.07) is 0. The Hall–Kier alpha value is -0.610. The fraction of sp³-hybridized carbons (Fsp3) is 0.923. The van der Waals surface area contributed by atoms with Gasteiger partial charge >= 0.3 is 0 Å². The number of rotatable bonds is 5. The van der Waals surface area contributed by atoms with Crippen LogP contribution in [-0.4, -0.2) is 38.3 Å². The normalized spacial score (nSPS) is 29.7. The van der Waals surface area contributed by atoms with Gasteiger partial charge in [0.1, 0.15) is 0 Å². The highest BCUT2D eigenvalue weighted by Gasteiger charge is 2.29. The van der Waals surface area contributed by atoms with Crippen molar-refractivity contribution < 1.29 is 9.53 Å². The minimum Gasteiger partial charge on any atom is -0.376 e. The molecule has 1 saturated carbocycles. The summed E-state index contributed by atoms with van der Waals surface area (Å²) in [5.41, 5.74) is 0. The third kappa shape index (κ3) is 3.68. The Balaban J connectivity index is 1.56. The summed E-state index contributed by atoms with van der Waals surface area (Å²) in [6.07, 6.45) is 5.42. The number of ether oxygens (including phenoxy) is 1. The first-order valence-corrected chi connectivity index (χ1v) is 6.87. The fourth-order valence-electron chi connectivity index (χ4n) is 2.75. The molecule has 2 N–H and O–H groups in total. The summed E-state index contributed by atoms with van der Waals surface area (Å²) in [6.45, 7) is 5.20. The topological polar surface area (TPSA) is 50.4 Å². The maximum Gasteiger partial charge on any atom is 0.224 e. The molecule has 2 fully saturated rings. The molecule has 2 atom stereocenters. The first-order chi connectivity index (χ1) is 8.27. The molecule has 17 heavy (non-hydrogen) atoms. The molecule has 0 bridgehead atoms. The third-order valence-electron chi connectivity index (χ3n) is 3.91. The lowest BCUT2D eigenvalue weighted by atomic mass is 9.97. The Labute approximate surface area is 103 Å². The van der Waals surface area contributed by atoms with Gasteiger partial charge in [-0.3, -0.25) is 4.79 Å². The van der Waals surface area contributed by atoms with Crippen molar-refractivity contribution in [1.82, 2.24) is 10.6 Å². The summed E-state index contributed by atoms with van der Waals surface area (Å²) in [5, 5.41) is 6.22. The lowest BCUT2D eigenvalue weighted by Crippen LogP contribution is -2.36. The summed E-state index contributed by atoms with van der Waals surface area (Å²) in [4.78, 5) is 11.8. The van der Waals surface area contributed by atoms with Crippen LogP contribution in [0.25, 0.3) is 0 Å². The van der Waals surface area contributed by atoms with Gasteiger partial charge in [0.2, 0.25) is 5.91 Å². The van der Waals surface area contributed by atoms with E-state index in [1.54, 1.807) is 0 Å². The molecule has 1 saturated heterocycles. The van der Waals surface area contributed by atoms with E-state index in [0.29, 0.717) is 25.2 Å². The first kappa shape index (κ1) is 12.8. The van der Waals surface area contributed by atoms with Crippen LogP contribution in [-0.2, 0) is 9.53 Å². The summed E-state index contributed by atoms with van der Waals surface area (Å²) in [7, 11) is 0. The average molecular weight is 240 g/mol. The van der Waals surface area contributed by atoms with E-state index in [4.69, 9.17) is 4.74 Å².